The molecule has 7 heteroatoms. The Morgan fingerprint density at radius 2 is 1.96 bits per heavy atom. The molecule has 0 amide bonds. The second-order valence-corrected chi connectivity index (χ2v) is 6.03. The summed E-state index contributed by atoms with van der Waals surface area (Å²) < 4.78 is 26.3. The first-order valence-electron chi connectivity index (χ1n) is 8.23. The molecule has 138 valence electrons. The van der Waals surface area contributed by atoms with Crippen LogP contribution in [0.5, 0.6) is 23.0 Å². The van der Waals surface area contributed by atoms with E-state index in [4.69, 9.17) is 18.9 Å². The van der Waals surface area contributed by atoms with Crippen LogP contribution in [0.3, 0.4) is 0 Å². The Morgan fingerprint density at radius 3 is 2.78 bits per heavy atom. The molecule has 0 atom stereocenters. The number of esters is 1. The van der Waals surface area contributed by atoms with Gasteiger partial charge in [-0.05, 0) is 42.3 Å². The number of carbonyl (C=O) groups excluding carboxylic acids is 2. The van der Waals surface area contributed by atoms with Crippen molar-refractivity contribution in [3.63, 3.8) is 0 Å². The molecule has 2 aromatic carbocycles. The van der Waals surface area contributed by atoms with Gasteiger partial charge in [0.05, 0.1) is 12.7 Å². The van der Waals surface area contributed by atoms with Gasteiger partial charge in [0, 0.05) is 6.07 Å². The van der Waals surface area contributed by atoms with Crippen molar-refractivity contribution in [1.29, 1.82) is 0 Å². The summed E-state index contributed by atoms with van der Waals surface area (Å²) in [5, 5.41) is 0. The van der Waals surface area contributed by atoms with Gasteiger partial charge in [0.25, 0.3) is 0 Å². The van der Waals surface area contributed by atoms with Crippen molar-refractivity contribution in [1.82, 2.24) is 0 Å². The lowest BCUT2D eigenvalue weighted by atomic mass is 10.0. The fraction of sp³-hybridized carbons (Fsp3) is 0.200. The highest BCUT2D eigenvalue weighted by Crippen LogP contribution is 2.38. The molecule has 0 N–H and O–H groups in total. The summed E-state index contributed by atoms with van der Waals surface area (Å²) >= 11 is 0. The molecule has 7 nitrogen and oxygen atoms in total. The topological polar surface area (TPSA) is 80.3 Å². The maximum Gasteiger partial charge on any atom is 0.343 e. The highest BCUT2D eigenvalue weighted by molar-refractivity contribution is 6.15. The number of aryl methyl sites for hydroxylation is 1. The minimum atomic E-state index is -0.492. The van der Waals surface area contributed by atoms with E-state index in [1.807, 2.05) is 6.07 Å². The molecule has 4 rings (SSSR count). The molecule has 0 saturated heterocycles. The number of fused-ring (bicyclic) bond motifs is 2. The quantitative estimate of drug-likeness (QED) is 0.606. The van der Waals surface area contributed by atoms with Crippen LogP contribution in [0.25, 0.3) is 6.08 Å². The van der Waals surface area contributed by atoms with Crippen molar-refractivity contribution < 1.29 is 33.3 Å². The van der Waals surface area contributed by atoms with Crippen LogP contribution in [-0.4, -0.2) is 32.3 Å². The van der Waals surface area contributed by atoms with Gasteiger partial charge in [-0.15, -0.1) is 0 Å². The van der Waals surface area contributed by atoms with Gasteiger partial charge in [-0.3, -0.25) is 4.79 Å². The first kappa shape index (κ1) is 17.0. The van der Waals surface area contributed by atoms with E-state index >= 15 is 0 Å². The highest BCUT2D eigenvalue weighted by Gasteiger charge is 2.30. The second kappa shape index (κ2) is 6.68. The molecular weight excluding hydrogens is 352 g/mol. The van der Waals surface area contributed by atoms with Gasteiger partial charge >= 0.3 is 5.97 Å². The Labute approximate surface area is 155 Å². The van der Waals surface area contributed by atoms with E-state index in [0.29, 0.717) is 34.1 Å². The standard InChI is InChI=1S/C20H16O7/c1-11-5-13(24-9-18(21)23-2)8-16-19(11)20(22)17(27-16)7-12-3-4-14-15(6-12)26-10-25-14/h3-8H,9-10H2,1-2H3/b17-7-. The molecular formula is C20H16O7. The summed E-state index contributed by atoms with van der Waals surface area (Å²) in [7, 11) is 1.29. The van der Waals surface area contributed by atoms with Crippen LogP contribution in [0.4, 0.5) is 0 Å². The van der Waals surface area contributed by atoms with Gasteiger partial charge in [-0.2, -0.15) is 0 Å². The van der Waals surface area contributed by atoms with Gasteiger partial charge in [0.1, 0.15) is 11.5 Å². The van der Waals surface area contributed by atoms with Crippen LogP contribution in [0.2, 0.25) is 0 Å². The first-order chi connectivity index (χ1) is 13.0. The molecule has 2 aliphatic rings. The minimum absolute atomic E-state index is 0.184. The van der Waals surface area contributed by atoms with Crippen molar-refractivity contribution in [2.24, 2.45) is 0 Å². The van der Waals surface area contributed by atoms with Crippen molar-refractivity contribution >= 4 is 17.8 Å². The number of rotatable bonds is 4. The maximum absolute atomic E-state index is 12.7. The predicted molar refractivity (Wildman–Crippen MR) is 94.2 cm³/mol. The molecule has 2 aliphatic heterocycles. The van der Waals surface area contributed by atoms with Crippen LogP contribution in [0.1, 0.15) is 21.5 Å². The van der Waals surface area contributed by atoms with Crippen LogP contribution >= 0.6 is 0 Å². The van der Waals surface area contributed by atoms with E-state index in [9.17, 15) is 9.59 Å². The molecule has 0 saturated carbocycles. The van der Waals surface area contributed by atoms with Crippen LogP contribution < -0.4 is 18.9 Å². The Kier molecular flexibility index (Phi) is 4.19. The lowest BCUT2D eigenvalue weighted by Crippen LogP contribution is -2.12. The Morgan fingerprint density at radius 1 is 1.15 bits per heavy atom. The van der Waals surface area contributed by atoms with E-state index in [0.717, 1.165) is 5.56 Å². The van der Waals surface area contributed by atoms with E-state index in [1.54, 1.807) is 37.3 Å². The summed E-state index contributed by atoms with van der Waals surface area (Å²) in [6, 6.07) is 8.66. The fourth-order valence-electron chi connectivity index (χ4n) is 2.92. The van der Waals surface area contributed by atoms with Gasteiger partial charge in [-0.25, -0.2) is 4.79 Å². The Bertz CT molecular complexity index is 975. The van der Waals surface area contributed by atoms with Gasteiger partial charge in [-0.1, -0.05) is 6.07 Å². The number of benzene rings is 2. The zero-order chi connectivity index (χ0) is 19.0. The number of Topliss-reactive ketones (excluding diaryl/α,β-unsaturated/α-hetero) is 1. The number of methoxy groups -OCH3 is 1. The maximum atomic E-state index is 12.7. The third-order valence-corrected chi connectivity index (χ3v) is 4.22. The molecule has 0 spiro atoms. The zero-order valence-electron chi connectivity index (χ0n) is 14.7. The van der Waals surface area contributed by atoms with E-state index in [1.165, 1.54) is 7.11 Å². The molecule has 27 heavy (non-hydrogen) atoms. The zero-order valence-corrected chi connectivity index (χ0v) is 14.7. The number of ether oxygens (including phenoxy) is 5. The number of ketones is 1. The smallest absolute Gasteiger partial charge is 0.343 e. The summed E-state index contributed by atoms with van der Waals surface area (Å²) in [5.41, 5.74) is 1.94. The van der Waals surface area contributed by atoms with Crippen molar-refractivity contribution in [3.05, 3.63) is 52.8 Å². The second-order valence-electron chi connectivity index (χ2n) is 6.03. The van der Waals surface area contributed by atoms with Crippen molar-refractivity contribution in [2.75, 3.05) is 20.5 Å². The Hall–Kier alpha value is -3.48. The fourth-order valence-corrected chi connectivity index (χ4v) is 2.92. The average Bonchev–Trinajstić information content (AvgIpc) is 3.24. The summed E-state index contributed by atoms with van der Waals surface area (Å²) in [5.74, 6) is 1.62. The highest BCUT2D eigenvalue weighted by atomic mass is 16.7. The monoisotopic (exact) mass is 368 g/mol. The van der Waals surface area contributed by atoms with Crippen molar-refractivity contribution in [2.45, 2.75) is 6.92 Å². The molecule has 0 bridgehead atoms. The summed E-state index contributed by atoms with van der Waals surface area (Å²) in [6.45, 7) is 1.75. The molecule has 0 fully saturated rings. The van der Waals surface area contributed by atoms with E-state index in [-0.39, 0.29) is 24.9 Å². The number of allylic oxidation sites excluding steroid dienone is 1. The van der Waals surface area contributed by atoms with E-state index < -0.39 is 5.97 Å². The molecule has 0 radical (unpaired) electrons. The lowest BCUT2D eigenvalue weighted by Gasteiger charge is -2.08. The van der Waals surface area contributed by atoms with Crippen LogP contribution in [0.15, 0.2) is 36.1 Å². The third-order valence-electron chi connectivity index (χ3n) is 4.22. The normalized spacial score (nSPS) is 15.5. The van der Waals surface area contributed by atoms with Gasteiger partial charge in [0.15, 0.2) is 23.9 Å². The number of hydrogen-bond donors (Lipinski definition) is 0. The number of carbonyl (C=O) groups is 2. The molecule has 0 aromatic heterocycles. The van der Waals surface area contributed by atoms with E-state index in [2.05, 4.69) is 4.74 Å². The molecule has 0 aliphatic carbocycles. The number of hydrogen-bond acceptors (Lipinski definition) is 7. The molecule has 2 aromatic rings. The molecule has 2 heterocycles. The Balaban J connectivity index is 1.59. The minimum Gasteiger partial charge on any atom is -0.482 e. The summed E-state index contributed by atoms with van der Waals surface area (Å²) in [6.07, 6.45) is 1.65. The largest absolute Gasteiger partial charge is 0.482 e. The lowest BCUT2D eigenvalue weighted by molar-refractivity contribution is -0.142. The third kappa shape index (κ3) is 3.19. The van der Waals surface area contributed by atoms with Crippen molar-refractivity contribution in [3.8, 4) is 23.0 Å². The summed E-state index contributed by atoms with van der Waals surface area (Å²) in [4.78, 5) is 23.9. The average molecular weight is 368 g/mol. The van der Waals surface area contributed by atoms with Gasteiger partial charge in [0.2, 0.25) is 12.6 Å². The SMILES string of the molecule is COC(=O)COc1cc(C)c2c(c1)O/C(=C\c1ccc3c(c1)OCO3)C2=O. The predicted octanol–water partition coefficient (Wildman–Crippen LogP) is 2.89. The first-order valence-corrected chi connectivity index (χ1v) is 8.23. The van der Waals surface area contributed by atoms with Crippen LogP contribution in [-0.2, 0) is 9.53 Å². The molecule has 0 unspecified atom stereocenters. The van der Waals surface area contributed by atoms with Crippen LogP contribution in [0, 0.1) is 6.92 Å². The van der Waals surface area contributed by atoms with Gasteiger partial charge < -0.3 is 23.7 Å².